The fourth-order valence-electron chi connectivity index (χ4n) is 2.47. The maximum Gasteiger partial charge on any atom is 0.154 e. The minimum Gasteiger partial charge on any atom is -0.409 e. The molecule has 2 aromatic rings. The van der Waals surface area contributed by atoms with Crippen LogP contribution in [0.3, 0.4) is 0 Å². The third kappa shape index (κ3) is 2.37. The van der Waals surface area contributed by atoms with Crippen LogP contribution in [0.25, 0.3) is 5.52 Å². The van der Waals surface area contributed by atoms with Gasteiger partial charge in [-0.1, -0.05) is 5.16 Å². The van der Waals surface area contributed by atoms with Crippen molar-refractivity contribution in [2.45, 2.75) is 0 Å². The topological polar surface area (TPSA) is 95.3 Å². The highest BCUT2D eigenvalue weighted by Gasteiger charge is 2.20. The Balaban J connectivity index is 1.70. The second-order valence-electron chi connectivity index (χ2n) is 4.77. The number of anilines is 1. The zero-order chi connectivity index (χ0) is 13.9. The monoisotopic (exact) mass is 275 g/mol. The lowest BCUT2D eigenvalue weighted by Gasteiger charge is -2.35. The number of nitrogens with zero attached hydrogens (tertiary/aromatic N) is 6. The molecule has 1 aliphatic heterocycles. The first-order valence-electron chi connectivity index (χ1n) is 6.50. The molecule has 3 N–H and O–H groups in total. The summed E-state index contributed by atoms with van der Waals surface area (Å²) in [4.78, 5) is 8.85. The van der Waals surface area contributed by atoms with Crippen molar-refractivity contribution in [2.24, 2.45) is 10.9 Å². The van der Waals surface area contributed by atoms with Gasteiger partial charge < -0.3 is 15.8 Å². The molecule has 20 heavy (non-hydrogen) atoms. The molecule has 0 amide bonds. The van der Waals surface area contributed by atoms with Crippen molar-refractivity contribution in [3.63, 3.8) is 0 Å². The average molecular weight is 275 g/mol. The molecule has 0 unspecified atom stereocenters. The van der Waals surface area contributed by atoms with Crippen molar-refractivity contribution in [1.29, 1.82) is 0 Å². The van der Waals surface area contributed by atoms with Crippen LogP contribution in [-0.4, -0.2) is 63.3 Å². The lowest BCUT2D eigenvalue weighted by atomic mass is 10.3. The fourth-order valence-corrected chi connectivity index (χ4v) is 2.47. The van der Waals surface area contributed by atoms with Gasteiger partial charge in [0.1, 0.15) is 5.52 Å². The first-order chi connectivity index (χ1) is 9.78. The summed E-state index contributed by atoms with van der Waals surface area (Å²) in [5.74, 6) is 1.20. The molecule has 0 radical (unpaired) electrons. The summed E-state index contributed by atoms with van der Waals surface area (Å²) >= 11 is 0. The highest BCUT2D eigenvalue weighted by Crippen LogP contribution is 2.19. The van der Waals surface area contributed by atoms with E-state index in [-0.39, 0.29) is 5.84 Å². The van der Waals surface area contributed by atoms with E-state index in [4.69, 9.17) is 10.9 Å². The van der Waals surface area contributed by atoms with E-state index < -0.39 is 0 Å². The number of hydrogen-bond donors (Lipinski definition) is 2. The maximum atomic E-state index is 8.60. The molecular weight excluding hydrogens is 258 g/mol. The predicted octanol–water partition coefficient (Wildman–Crippen LogP) is -0.402. The van der Waals surface area contributed by atoms with Crippen molar-refractivity contribution in [3.05, 3.63) is 24.7 Å². The van der Waals surface area contributed by atoms with Crippen LogP contribution in [0.5, 0.6) is 0 Å². The third-order valence-electron chi connectivity index (χ3n) is 3.49. The van der Waals surface area contributed by atoms with E-state index in [1.807, 2.05) is 16.8 Å². The van der Waals surface area contributed by atoms with E-state index in [0.29, 0.717) is 6.54 Å². The van der Waals surface area contributed by atoms with E-state index in [1.54, 1.807) is 12.4 Å². The number of piperazine rings is 1. The fraction of sp³-hybridized carbons (Fsp3) is 0.417. The number of rotatable bonds is 3. The zero-order valence-electron chi connectivity index (χ0n) is 11.1. The van der Waals surface area contributed by atoms with Crippen LogP contribution in [0.2, 0.25) is 0 Å². The van der Waals surface area contributed by atoms with E-state index in [9.17, 15) is 0 Å². The van der Waals surface area contributed by atoms with Crippen LogP contribution in [0.1, 0.15) is 0 Å². The van der Waals surface area contributed by atoms with E-state index >= 15 is 0 Å². The van der Waals surface area contributed by atoms with Crippen LogP contribution < -0.4 is 10.6 Å². The van der Waals surface area contributed by atoms with Crippen LogP contribution in [-0.2, 0) is 0 Å². The van der Waals surface area contributed by atoms with Crippen molar-refractivity contribution >= 4 is 17.2 Å². The van der Waals surface area contributed by atoms with E-state index in [2.05, 4.69) is 25.0 Å². The largest absolute Gasteiger partial charge is 0.409 e. The second kappa shape index (κ2) is 5.33. The van der Waals surface area contributed by atoms with Gasteiger partial charge >= 0.3 is 0 Å². The maximum absolute atomic E-state index is 8.60. The Morgan fingerprint density at radius 2 is 2.10 bits per heavy atom. The highest BCUT2D eigenvalue weighted by atomic mass is 16.4. The lowest BCUT2D eigenvalue weighted by molar-refractivity contribution is 0.278. The van der Waals surface area contributed by atoms with Gasteiger partial charge in [0.15, 0.2) is 11.7 Å². The van der Waals surface area contributed by atoms with Gasteiger partial charge in [-0.3, -0.25) is 4.90 Å². The molecule has 0 saturated carbocycles. The summed E-state index contributed by atoms with van der Waals surface area (Å²) in [5, 5.41) is 15.8. The summed E-state index contributed by atoms with van der Waals surface area (Å²) in [6, 6.07) is 1.96. The molecule has 106 valence electrons. The van der Waals surface area contributed by atoms with Crippen molar-refractivity contribution < 1.29 is 5.21 Å². The summed E-state index contributed by atoms with van der Waals surface area (Å²) in [5.41, 5.74) is 6.54. The quantitative estimate of drug-likeness (QED) is 0.342. The number of oxime groups is 1. The number of nitrogens with two attached hydrogens (primary N) is 1. The molecular formula is C12H17N7O. The van der Waals surface area contributed by atoms with Crippen LogP contribution in [0.4, 0.5) is 5.82 Å². The molecule has 0 atom stereocenters. The number of hydrogen-bond acceptors (Lipinski definition) is 6. The van der Waals surface area contributed by atoms with Gasteiger partial charge in [0.25, 0.3) is 0 Å². The Labute approximate surface area is 116 Å². The second-order valence-corrected chi connectivity index (χ2v) is 4.77. The number of fused-ring (bicyclic) bond motifs is 1. The van der Waals surface area contributed by atoms with Gasteiger partial charge in [-0.25, -0.2) is 9.50 Å². The highest BCUT2D eigenvalue weighted by molar-refractivity contribution is 5.81. The van der Waals surface area contributed by atoms with E-state index in [0.717, 1.165) is 37.5 Å². The molecule has 0 aromatic carbocycles. The Kier molecular flexibility index (Phi) is 3.38. The first kappa shape index (κ1) is 12.7. The summed E-state index contributed by atoms with van der Waals surface area (Å²) in [6.07, 6.45) is 5.38. The predicted molar refractivity (Wildman–Crippen MR) is 75.0 cm³/mol. The Morgan fingerprint density at radius 3 is 2.85 bits per heavy atom. The Bertz CT molecular complexity index is 615. The van der Waals surface area contributed by atoms with Crippen LogP contribution in [0, 0.1) is 0 Å². The summed E-state index contributed by atoms with van der Waals surface area (Å²) in [7, 11) is 0. The van der Waals surface area contributed by atoms with Gasteiger partial charge in [0.2, 0.25) is 0 Å². The van der Waals surface area contributed by atoms with Crippen molar-refractivity contribution in [1.82, 2.24) is 19.5 Å². The molecule has 2 aromatic heterocycles. The van der Waals surface area contributed by atoms with Crippen LogP contribution >= 0.6 is 0 Å². The zero-order valence-corrected chi connectivity index (χ0v) is 11.1. The molecule has 3 rings (SSSR count). The third-order valence-corrected chi connectivity index (χ3v) is 3.49. The number of amidine groups is 1. The van der Waals surface area contributed by atoms with Gasteiger partial charge in [-0.2, -0.15) is 5.10 Å². The SMILES string of the molecule is N/C(CN1CCN(c2nccn3nccc23)CC1)=N/O. The molecule has 0 spiro atoms. The molecule has 1 fully saturated rings. The molecule has 0 bridgehead atoms. The lowest BCUT2D eigenvalue weighted by Crippen LogP contribution is -2.49. The first-order valence-corrected chi connectivity index (χ1v) is 6.50. The molecule has 8 nitrogen and oxygen atoms in total. The smallest absolute Gasteiger partial charge is 0.154 e. The molecule has 0 aliphatic carbocycles. The molecule has 1 saturated heterocycles. The Morgan fingerprint density at radius 1 is 1.30 bits per heavy atom. The molecule has 1 aliphatic rings. The molecule has 3 heterocycles. The van der Waals surface area contributed by atoms with Gasteiger partial charge in [0.05, 0.1) is 12.7 Å². The van der Waals surface area contributed by atoms with E-state index in [1.165, 1.54) is 0 Å². The minimum absolute atomic E-state index is 0.245. The average Bonchev–Trinajstić information content (AvgIpc) is 2.96. The standard InChI is InChI=1S/C12H17N7O/c13-11(16-20)9-17-5-7-18(8-6-17)12-10-1-2-15-19(10)4-3-14-12/h1-4,20H,5-9H2,(H2,13,16). The van der Waals surface area contributed by atoms with Crippen LogP contribution in [0.15, 0.2) is 29.8 Å². The summed E-state index contributed by atoms with van der Waals surface area (Å²) in [6.45, 7) is 3.92. The summed E-state index contributed by atoms with van der Waals surface area (Å²) < 4.78 is 1.82. The Hall–Kier alpha value is -2.35. The van der Waals surface area contributed by atoms with Crippen molar-refractivity contribution in [2.75, 3.05) is 37.6 Å². The van der Waals surface area contributed by atoms with Gasteiger partial charge in [0, 0.05) is 38.6 Å². The van der Waals surface area contributed by atoms with Gasteiger partial charge in [-0.15, -0.1) is 0 Å². The normalized spacial score (nSPS) is 17.8. The molecule has 8 heteroatoms. The van der Waals surface area contributed by atoms with Crippen molar-refractivity contribution in [3.8, 4) is 0 Å². The van der Waals surface area contributed by atoms with Gasteiger partial charge in [-0.05, 0) is 6.07 Å². The minimum atomic E-state index is 0.245. The number of aromatic nitrogens is 3.